The van der Waals surface area contributed by atoms with Crippen LogP contribution in [0, 0.1) is 6.92 Å². The maximum Gasteiger partial charge on any atom is 0.137 e. The van der Waals surface area contributed by atoms with E-state index in [-0.39, 0.29) is 0 Å². The summed E-state index contributed by atoms with van der Waals surface area (Å²) >= 11 is 0. The topological polar surface area (TPSA) is 55.0 Å². The molecule has 1 saturated heterocycles. The molecule has 2 heterocycles. The molecule has 0 amide bonds. The van der Waals surface area contributed by atoms with E-state index < -0.39 is 0 Å². The van der Waals surface area contributed by atoms with Gasteiger partial charge in [-0.2, -0.15) is 0 Å². The van der Waals surface area contributed by atoms with Crippen molar-refractivity contribution in [2.75, 3.05) is 17.2 Å². The van der Waals surface area contributed by atoms with Gasteiger partial charge < -0.3 is 10.6 Å². The van der Waals surface area contributed by atoms with Crippen LogP contribution in [-0.4, -0.2) is 22.6 Å². The highest BCUT2D eigenvalue weighted by Gasteiger charge is 2.24. The van der Waals surface area contributed by atoms with Gasteiger partial charge in [0.25, 0.3) is 0 Å². The molecule has 4 nitrogen and oxygen atoms in total. The Hall–Kier alpha value is -1.32. The van der Waals surface area contributed by atoms with Crippen molar-refractivity contribution in [2.45, 2.75) is 52.5 Å². The number of nitrogens with zero attached hydrogens (tertiary/aromatic N) is 3. The van der Waals surface area contributed by atoms with E-state index in [2.05, 4.69) is 23.7 Å². The second kappa shape index (κ2) is 4.90. The zero-order valence-corrected chi connectivity index (χ0v) is 11.0. The number of anilines is 2. The number of rotatable bonds is 3. The molecular formula is C13H22N4. The molecular weight excluding hydrogens is 212 g/mol. The Morgan fingerprint density at radius 1 is 1.41 bits per heavy atom. The first-order valence-electron chi connectivity index (χ1n) is 6.53. The van der Waals surface area contributed by atoms with E-state index in [0.29, 0.717) is 11.9 Å². The molecule has 0 radical (unpaired) electrons. The highest BCUT2D eigenvalue weighted by Crippen LogP contribution is 2.28. The second-order valence-electron chi connectivity index (χ2n) is 4.91. The third-order valence-electron chi connectivity index (χ3n) is 3.50. The number of hydrogen-bond donors (Lipinski definition) is 1. The molecule has 17 heavy (non-hydrogen) atoms. The van der Waals surface area contributed by atoms with Crippen molar-refractivity contribution in [1.29, 1.82) is 0 Å². The Morgan fingerprint density at radius 2 is 2.18 bits per heavy atom. The number of nitrogen functional groups attached to an aromatic ring is 1. The van der Waals surface area contributed by atoms with Crippen molar-refractivity contribution in [2.24, 2.45) is 0 Å². The van der Waals surface area contributed by atoms with E-state index in [9.17, 15) is 0 Å². The summed E-state index contributed by atoms with van der Waals surface area (Å²) in [7, 11) is 0. The minimum absolute atomic E-state index is 0.567. The fraction of sp³-hybridized carbons (Fsp3) is 0.692. The zero-order chi connectivity index (χ0) is 12.4. The van der Waals surface area contributed by atoms with Crippen LogP contribution in [-0.2, 0) is 6.42 Å². The Kier molecular flexibility index (Phi) is 3.50. The van der Waals surface area contributed by atoms with E-state index >= 15 is 0 Å². The van der Waals surface area contributed by atoms with Gasteiger partial charge in [-0.15, -0.1) is 0 Å². The molecule has 0 aliphatic carbocycles. The molecule has 4 heteroatoms. The summed E-state index contributed by atoms with van der Waals surface area (Å²) in [4.78, 5) is 11.4. The molecule has 1 aliphatic heterocycles. The summed E-state index contributed by atoms with van der Waals surface area (Å²) < 4.78 is 0. The van der Waals surface area contributed by atoms with Gasteiger partial charge in [-0.1, -0.05) is 6.92 Å². The average molecular weight is 234 g/mol. The quantitative estimate of drug-likeness (QED) is 0.872. The minimum Gasteiger partial charge on any atom is -0.383 e. The average Bonchev–Trinajstić information content (AvgIpc) is 2.70. The summed E-state index contributed by atoms with van der Waals surface area (Å²) in [6, 6.07) is 0.567. The van der Waals surface area contributed by atoms with Crippen LogP contribution >= 0.6 is 0 Å². The van der Waals surface area contributed by atoms with Crippen molar-refractivity contribution in [3.63, 3.8) is 0 Å². The van der Waals surface area contributed by atoms with Gasteiger partial charge in [-0.25, -0.2) is 9.97 Å². The lowest BCUT2D eigenvalue weighted by molar-refractivity contribution is 0.717. The highest BCUT2D eigenvalue weighted by atomic mass is 15.2. The van der Waals surface area contributed by atoms with Gasteiger partial charge in [-0.3, -0.25) is 0 Å². The van der Waals surface area contributed by atoms with Crippen LogP contribution in [0.25, 0.3) is 0 Å². The van der Waals surface area contributed by atoms with Gasteiger partial charge in [-0.05, 0) is 33.1 Å². The SMILES string of the molecule is CCCc1nc(N)c(C)c(N2CCCC2C)n1. The van der Waals surface area contributed by atoms with Crippen molar-refractivity contribution in [1.82, 2.24) is 9.97 Å². The molecule has 1 unspecified atom stereocenters. The monoisotopic (exact) mass is 234 g/mol. The van der Waals surface area contributed by atoms with Gasteiger partial charge in [0, 0.05) is 24.6 Å². The van der Waals surface area contributed by atoms with Gasteiger partial charge in [0.1, 0.15) is 17.5 Å². The molecule has 0 spiro atoms. The molecule has 2 rings (SSSR count). The summed E-state index contributed by atoms with van der Waals surface area (Å²) in [5, 5.41) is 0. The Labute approximate surface area is 103 Å². The lowest BCUT2D eigenvalue weighted by atomic mass is 10.2. The van der Waals surface area contributed by atoms with Crippen molar-refractivity contribution in [3.8, 4) is 0 Å². The van der Waals surface area contributed by atoms with Crippen LogP contribution in [0.3, 0.4) is 0 Å². The Bertz CT molecular complexity index is 403. The normalized spacial score (nSPS) is 19.9. The van der Waals surface area contributed by atoms with Crippen LogP contribution < -0.4 is 10.6 Å². The highest BCUT2D eigenvalue weighted by molar-refractivity contribution is 5.57. The standard InChI is InChI=1S/C13H22N4/c1-4-6-11-15-12(14)10(3)13(16-11)17-8-5-7-9(17)2/h9H,4-8H2,1-3H3,(H2,14,15,16). The van der Waals surface area contributed by atoms with E-state index in [4.69, 9.17) is 10.7 Å². The Balaban J connectivity index is 2.37. The van der Waals surface area contributed by atoms with Crippen molar-refractivity contribution >= 4 is 11.6 Å². The number of aromatic nitrogens is 2. The second-order valence-corrected chi connectivity index (χ2v) is 4.91. The largest absolute Gasteiger partial charge is 0.383 e. The van der Waals surface area contributed by atoms with Crippen LogP contribution in [0.15, 0.2) is 0 Å². The van der Waals surface area contributed by atoms with E-state index in [1.807, 2.05) is 6.92 Å². The van der Waals surface area contributed by atoms with Crippen LogP contribution in [0.2, 0.25) is 0 Å². The lowest BCUT2D eigenvalue weighted by Gasteiger charge is -2.25. The Morgan fingerprint density at radius 3 is 2.76 bits per heavy atom. The molecule has 1 aliphatic rings. The van der Waals surface area contributed by atoms with Crippen molar-refractivity contribution in [3.05, 3.63) is 11.4 Å². The van der Waals surface area contributed by atoms with E-state index in [1.54, 1.807) is 0 Å². The number of aryl methyl sites for hydroxylation is 1. The van der Waals surface area contributed by atoms with Gasteiger partial charge in [0.2, 0.25) is 0 Å². The zero-order valence-electron chi connectivity index (χ0n) is 11.0. The maximum absolute atomic E-state index is 5.99. The molecule has 0 saturated carbocycles. The smallest absolute Gasteiger partial charge is 0.137 e. The first-order chi connectivity index (χ1) is 8.13. The summed E-state index contributed by atoms with van der Waals surface area (Å²) in [6.07, 6.45) is 4.44. The predicted octanol–water partition coefficient (Wildman–Crippen LogP) is 2.31. The molecule has 0 bridgehead atoms. The summed E-state index contributed by atoms with van der Waals surface area (Å²) in [6.45, 7) is 7.50. The van der Waals surface area contributed by atoms with Crippen LogP contribution in [0.4, 0.5) is 11.6 Å². The molecule has 0 aromatic carbocycles. The van der Waals surface area contributed by atoms with Crippen LogP contribution in [0.1, 0.15) is 44.5 Å². The molecule has 1 atom stereocenters. The van der Waals surface area contributed by atoms with Gasteiger partial charge >= 0.3 is 0 Å². The van der Waals surface area contributed by atoms with Gasteiger partial charge in [0.15, 0.2) is 0 Å². The molecule has 94 valence electrons. The molecule has 2 N–H and O–H groups in total. The minimum atomic E-state index is 0.567. The summed E-state index contributed by atoms with van der Waals surface area (Å²) in [5.41, 5.74) is 7.01. The third-order valence-corrected chi connectivity index (χ3v) is 3.50. The fourth-order valence-electron chi connectivity index (χ4n) is 2.43. The summed E-state index contributed by atoms with van der Waals surface area (Å²) in [5.74, 6) is 2.56. The molecule has 1 fully saturated rings. The molecule has 1 aromatic heterocycles. The number of nitrogens with two attached hydrogens (primary N) is 1. The predicted molar refractivity (Wildman–Crippen MR) is 71.2 cm³/mol. The van der Waals surface area contributed by atoms with E-state index in [0.717, 1.165) is 36.6 Å². The van der Waals surface area contributed by atoms with E-state index in [1.165, 1.54) is 12.8 Å². The van der Waals surface area contributed by atoms with Crippen LogP contribution in [0.5, 0.6) is 0 Å². The fourth-order valence-corrected chi connectivity index (χ4v) is 2.43. The lowest BCUT2D eigenvalue weighted by Crippen LogP contribution is -2.29. The number of hydrogen-bond acceptors (Lipinski definition) is 4. The first kappa shape index (κ1) is 12.1. The third kappa shape index (κ3) is 2.35. The molecule has 1 aromatic rings. The first-order valence-corrected chi connectivity index (χ1v) is 6.53. The van der Waals surface area contributed by atoms with Gasteiger partial charge in [0.05, 0.1) is 0 Å². The van der Waals surface area contributed by atoms with Crippen molar-refractivity contribution < 1.29 is 0 Å². The maximum atomic E-state index is 5.99.